The Kier molecular flexibility index (Phi) is 15.3. The summed E-state index contributed by atoms with van der Waals surface area (Å²) in [5.41, 5.74) is 4.88. The highest BCUT2D eigenvalue weighted by atomic mass is 32.1. The van der Waals surface area contributed by atoms with Gasteiger partial charge in [-0.15, -0.1) is 0 Å². The number of hydrazine groups is 1. The van der Waals surface area contributed by atoms with E-state index in [2.05, 4.69) is 65.5 Å². The molecule has 4 amide bonds. The van der Waals surface area contributed by atoms with Crippen molar-refractivity contribution in [2.24, 2.45) is 11.8 Å². The monoisotopic (exact) mass is 763 g/mol. The van der Waals surface area contributed by atoms with Gasteiger partial charge in [0.15, 0.2) is 5.13 Å². The lowest BCUT2D eigenvalue weighted by Gasteiger charge is -2.34. The first kappa shape index (κ1) is 42.9. The summed E-state index contributed by atoms with van der Waals surface area (Å²) >= 11 is 1.49. The average molecular weight is 764 g/mol. The number of unbranched alkanes of at least 4 members (excludes halogenated alkanes) is 2. The molecular formula is C45H57N5O4S. The molecule has 2 heterocycles. The van der Waals surface area contributed by atoms with E-state index in [0.717, 1.165) is 98.8 Å². The molecule has 0 saturated heterocycles. The molecule has 292 valence electrons. The fourth-order valence-corrected chi connectivity index (χ4v) is 8.47. The van der Waals surface area contributed by atoms with Crippen LogP contribution in [0.25, 0.3) is 17.3 Å². The summed E-state index contributed by atoms with van der Waals surface area (Å²) in [6.07, 6.45) is 10.7. The molecule has 0 fully saturated rings. The van der Waals surface area contributed by atoms with Gasteiger partial charge in [0.2, 0.25) is 5.91 Å². The summed E-state index contributed by atoms with van der Waals surface area (Å²) in [6.45, 7) is 19.5. The summed E-state index contributed by atoms with van der Waals surface area (Å²) in [5, 5.41) is 12.2. The Balaban J connectivity index is 1.97. The molecule has 3 aromatic rings. The van der Waals surface area contributed by atoms with Crippen molar-refractivity contribution in [3.63, 3.8) is 0 Å². The van der Waals surface area contributed by atoms with Gasteiger partial charge in [-0.1, -0.05) is 113 Å². The lowest BCUT2D eigenvalue weighted by Crippen LogP contribution is -2.57. The second-order valence-corrected chi connectivity index (χ2v) is 15.8. The Bertz CT molecular complexity index is 1950. The predicted molar refractivity (Wildman–Crippen MR) is 222 cm³/mol. The number of thiazole rings is 1. The maximum Gasteiger partial charge on any atom is 0.291 e. The SMILES string of the molecule is CCCCC(CC)CN(CC(CC)CCCC)c1nc(-c2c(C)cc(C)cc2C)c(/C=C2\C(=O)N(N(C(C)=O)C(=O)c3ccccc3)C(=O)C(C#N)=C2C)s1. The largest absolute Gasteiger partial charge is 0.348 e. The van der Waals surface area contributed by atoms with Crippen LogP contribution in [0.2, 0.25) is 0 Å². The maximum absolute atomic E-state index is 14.6. The molecule has 10 heteroatoms. The highest BCUT2D eigenvalue weighted by molar-refractivity contribution is 7.17. The predicted octanol–water partition coefficient (Wildman–Crippen LogP) is 10.2. The minimum Gasteiger partial charge on any atom is -0.348 e. The number of aromatic nitrogens is 1. The third kappa shape index (κ3) is 9.87. The Hall–Kier alpha value is -4.88. The topological polar surface area (TPSA) is 115 Å². The molecule has 1 aliphatic heterocycles. The first-order valence-electron chi connectivity index (χ1n) is 19.8. The van der Waals surface area contributed by atoms with Crippen LogP contribution in [0.4, 0.5) is 5.13 Å². The van der Waals surface area contributed by atoms with Crippen molar-refractivity contribution < 1.29 is 19.2 Å². The zero-order chi connectivity index (χ0) is 40.4. The van der Waals surface area contributed by atoms with Gasteiger partial charge in [0.25, 0.3) is 17.7 Å². The van der Waals surface area contributed by atoms with Crippen LogP contribution in [0.15, 0.2) is 59.2 Å². The van der Waals surface area contributed by atoms with E-state index in [4.69, 9.17) is 4.98 Å². The quantitative estimate of drug-likeness (QED) is 0.0993. The number of nitrogens with zero attached hydrogens (tertiary/aromatic N) is 5. The number of hydrogen-bond acceptors (Lipinski definition) is 8. The standard InChI is InChI=1S/C45H57N5O4S/c1-10-14-19-34(12-3)27-48(28-35(13-4)20-15-11-2)45-47-41(40-30(6)23-29(5)24-31(40)7)39(55-45)25-37-32(8)38(26-46)44(54)50(43(37)53)49(33(9)51)42(52)36-21-17-16-18-22-36/h16-18,21-25,34-35H,10-15,19-20,27-28H2,1-9H3/b37-25-. The highest BCUT2D eigenvalue weighted by Crippen LogP contribution is 2.41. The van der Waals surface area contributed by atoms with E-state index in [-0.39, 0.29) is 22.3 Å². The minimum absolute atomic E-state index is 0.0393. The molecule has 0 N–H and O–H groups in total. The summed E-state index contributed by atoms with van der Waals surface area (Å²) in [5.74, 6) is -2.61. The molecule has 0 spiro atoms. The normalized spacial score (nSPS) is 15.0. The number of carbonyl (C=O) groups excluding carboxylic acids is 4. The molecule has 0 saturated carbocycles. The zero-order valence-electron chi connectivity index (χ0n) is 34.1. The van der Waals surface area contributed by atoms with Gasteiger partial charge in [-0.25, -0.2) is 4.98 Å². The van der Waals surface area contributed by atoms with Crippen LogP contribution in [-0.2, 0) is 14.4 Å². The van der Waals surface area contributed by atoms with Crippen molar-refractivity contribution in [1.82, 2.24) is 15.0 Å². The smallest absolute Gasteiger partial charge is 0.291 e. The van der Waals surface area contributed by atoms with Gasteiger partial charge in [0.1, 0.15) is 11.6 Å². The van der Waals surface area contributed by atoms with E-state index in [1.807, 2.05) is 6.07 Å². The van der Waals surface area contributed by atoms with E-state index < -0.39 is 23.6 Å². The van der Waals surface area contributed by atoms with E-state index in [1.165, 1.54) is 23.5 Å². The highest BCUT2D eigenvalue weighted by Gasteiger charge is 2.43. The van der Waals surface area contributed by atoms with E-state index in [0.29, 0.717) is 32.4 Å². The first-order valence-corrected chi connectivity index (χ1v) is 20.6. The van der Waals surface area contributed by atoms with Gasteiger partial charge in [-0.3, -0.25) is 19.2 Å². The number of aryl methyl sites for hydroxylation is 3. The van der Waals surface area contributed by atoms with E-state index in [1.54, 1.807) is 31.2 Å². The lowest BCUT2D eigenvalue weighted by atomic mass is 9.93. The van der Waals surface area contributed by atoms with Gasteiger partial charge >= 0.3 is 0 Å². The molecule has 0 radical (unpaired) electrons. The van der Waals surface area contributed by atoms with Crippen molar-refractivity contribution in [2.75, 3.05) is 18.0 Å². The fraction of sp³-hybridized carbons (Fsp3) is 0.467. The van der Waals surface area contributed by atoms with Gasteiger partial charge in [-0.2, -0.15) is 15.3 Å². The summed E-state index contributed by atoms with van der Waals surface area (Å²) in [6, 6.07) is 14.2. The Morgan fingerprint density at radius 3 is 1.95 bits per heavy atom. The van der Waals surface area contributed by atoms with Gasteiger partial charge < -0.3 is 4.90 Å². The van der Waals surface area contributed by atoms with Crippen molar-refractivity contribution in [1.29, 1.82) is 5.26 Å². The van der Waals surface area contributed by atoms with E-state index in [9.17, 15) is 24.4 Å². The first-order chi connectivity index (χ1) is 26.3. The average Bonchev–Trinajstić information content (AvgIpc) is 3.57. The second kappa shape index (κ2) is 19.6. The third-order valence-electron chi connectivity index (χ3n) is 10.6. The van der Waals surface area contributed by atoms with Crippen molar-refractivity contribution >= 4 is 46.2 Å². The van der Waals surface area contributed by atoms with Crippen molar-refractivity contribution in [3.8, 4) is 17.3 Å². The van der Waals surface area contributed by atoms with Crippen LogP contribution >= 0.6 is 11.3 Å². The number of anilines is 1. The fourth-order valence-electron chi connectivity index (χ4n) is 7.43. The van der Waals surface area contributed by atoms with Crippen LogP contribution in [0.5, 0.6) is 0 Å². The molecule has 4 rings (SSSR count). The maximum atomic E-state index is 14.6. The van der Waals surface area contributed by atoms with E-state index >= 15 is 0 Å². The third-order valence-corrected chi connectivity index (χ3v) is 11.6. The van der Waals surface area contributed by atoms with Gasteiger partial charge in [0, 0.05) is 36.7 Å². The number of nitriles is 1. The number of carbonyl (C=O) groups is 4. The molecular weight excluding hydrogens is 707 g/mol. The van der Waals surface area contributed by atoms with Crippen LogP contribution in [0.3, 0.4) is 0 Å². The minimum atomic E-state index is -1.03. The Morgan fingerprint density at radius 1 is 0.891 bits per heavy atom. The molecule has 2 unspecified atom stereocenters. The Labute approximate surface area is 331 Å². The number of benzene rings is 2. The van der Waals surface area contributed by atoms with Crippen LogP contribution in [-0.4, -0.2) is 51.7 Å². The van der Waals surface area contributed by atoms with Crippen LogP contribution in [0, 0.1) is 43.9 Å². The zero-order valence-corrected chi connectivity index (χ0v) is 34.9. The molecule has 2 aromatic carbocycles. The molecule has 0 aliphatic carbocycles. The molecule has 2 atom stereocenters. The summed E-state index contributed by atoms with van der Waals surface area (Å²) in [4.78, 5) is 63.7. The number of amides is 4. The Morgan fingerprint density at radius 2 is 1.45 bits per heavy atom. The lowest BCUT2D eigenvalue weighted by molar-refractivity contribution is -0.163. The molecule has 1 aromatic heterocycles. The number of hydrogen-bond donors (Lipinski definition) is 0. The van der Waals surface area contributed by atoms with Crippen LogP contribution < -0.4 is 4.90 Å². The van der Waals surface area contributed by atoms with Crippen molar-refractivity contribution in [3.05, 3.63) is 86.3 Å². The molecule has 1 aliphatic rings. The number of imide groups is 2. The molecule has 0 bridgehead atoms. The van der Waals surface area contributed by atoms with Gasteiger partial charge in [0.05, 0.1) is 10.6 Å². The van der Waals surface area contributed by atoms with Gasteiger partial charge in [-0.05, 0) is 87.3 Å². The summed E-state index contributed by atoms with van der Waals surface area (Å²) in [7, 11) is 0. The second-order valence-electron chi connectivity index (χ2n) is 14.8. The molecule has 55 heavy (non-hydrogen) atoms. The van der Waals surface area contributed by atoms with Crippen LogP contribution in [0.1, 0.15) is 125 Å². The van der Waals surface area contributed by atoms with Crippen molar-refractivity contribution in [2.45, 2.75) is 114 Å². The molecule has 9 nitrogen and oxygen atoms in total. The number of rotatable bonds is 17. The summed E-state index contributed by atoms with van der Waals surface area (Å²) < 4.78 is 0.